The first kappa shape index (κ1) is 13.5. The predicted molar refractivity (Wildman–Crippen MR) is 94.4 cm³/mol. The minimum atomic E-state index is -0.266. The Hall–Kier alpha value is -1.21. The van der Waals surface area contributed by atoms with Crippen molar-refractivity contribution in [3.8, 4) is 11.5 Å². The van der Waals surface area contributed by atoms with Gasteiger partial charge in [0.15, 0.2) is 0 Å². The molecule has 0 bridgehead atoms. The van der Waals surface area contributed by atoms with E-state index < -0.39 is 0 Å². The van der Waals surface area contributed by atoms with E-state index in [9.17, 15) is 0 Å². The molecule has 0 saturated carbocycles. The van der Waals surface area contributed by atoms with Gasteiger partial charge in [-0.1, -0.05) is 15.9 Å². The molecule has 0 aliphatic carbocycles. The van der Waals surface area contributed by atoms with Gasteiger partial charge < -0.3 is 15.8 Å². The fourth-order valence-electron chi connectivity index (χ4n) is 3.10. The highest BCUT2D eigenvalue weighted by atomic mass is 127. The van der Waals surface area contributed by atoms with E-state index in [1.54, 1.807) is 0 Å². The lowest BCUT2D eigenvalue weighted by Gasteiger charge is -2.35. The van der Waals surface area contributed by atoms with Crippen LogP contribution in [0.3, 0.4) is 0 Å². The van der Waals surface area contributed by atoms with E-state index in [-0.39, 0.29) is 5.41 Å². The summed E-state index contributed by atoms with van der Waals surface area (Å²) in [6.07, 6.45) is 2.11. The summed E-state index contributed by atoms with van der Waals surface area (Å²) in [6, 6.07) is 12.4. The number of fused-ring (bicyclic) bond motifs is 4. The number of halogens is 2. The Morgan fingerprint density at radius 2 is 1.86 bits per heavy atom. The molecule has 2 aromatic carbocycles. The quantitative estimate of drug-likeness (QED) is 0.594. The van der Waals surface area contributed by atoms with Gasteiger partial charge in [-0.3, -0.25) is 0 Å². The third kappa shape index (κ3) is 1.97. The molecule has 21 heavy (non-hydrogen) atoms. The van der Waals surface area contributed by atoms with Crippen LogP contribution in [0.25, 0.3) is 0 Å². The van der Waals surface area contributed by atoms with E-state index in [2.05, 4.69) is 68.1 Å². The molecule has 2 aliphatic heterocycles. The van der Waals surface area contributed by atoms with Gasteiger partial charge in [-0.2, -0.15) is 0 Å². The number of rotatable bonds is 0. The van der Waals surface area contributed by atoms with Crippen molar-refractivity contribution in [3.05, 3.63) is 67.5 Å². The van der Waals surface area contributed by atoms with Gasteiger partial charge in [0.25, 0.3) is 0 Å². The van der Waals surface area contributed by atoms with E-state index in [0.717, 1.165) is 33.6 Å². The van der Waals surface area contributed by atoms with Gasteiger partial charge in [0.1, 0.15) is 11.5 Å². The molecule has 2 aromatic rings. The second kappa shape index (κ2) is 4.64. The lowest BCUT2D eigenvalue weighted by atomic mass is 9.73. The summed E-state index contributed by atoms with van der Waals surface area (Å²) in [4.78, 5) is 0. The number of nitrogens with one attached hydrogen (secondary N) is 1. The molecular weight excluding hydrogens is 443 g/mol. The molecule has 3 nitrogen and oxygen atoms in total. The predicted octanol–water partition coefficient (Wildman–Crippen LogP) is 3.85. The Morgan fingerprint density at radius 1 is 1.14 bits per heavy atom. The van der Waals surface area contributed by atoms with Crippen molar-refractivity contribution in [1.29, 1.82) is 0 Å². The molecule has 106 valence electrons. The summed E-state index contributed by atoms with van der Waals surface area (Å²) in [7, 11) is 0. The third-order valence-electron chi connectivity index (χ3n) is 4.04. The number of benzene rings is 2. The highest BCUT2D eigenvalue weighted by molar-refractivity contribution is 14.1. The van der Waals surface area contributed by atoms with Crippen LogP contribution in [0.4, 0.5) is 0 Å². The summed E-state index contributed by atoms with van der Waals surface area (Å²) in [5.41, 5.74) is 8.06. The van der Waals surface area contributed by atoms with Crippen LogP contribution in [0, 0.1) is 3.57 Å². The first-order valence-corrected chi connectivity index (χ1v) is 8.46. The SMILES string of the molecule is NC1=C[C@@]2(CN1)c1cc(Br)ccc1Oc1ccc(I)cc12. The van der Waals surface area contributed by atoms with Gasteiger partial charge >= 0.3 is 0 Å². The summed E-state index contributed by atoms with van der Waals surface area (Å²) >= 11 is 5.89. The van der Waals surface area contributed by atoms with Crippen LogP contribution in [-0.2, 0) is 5.41 Å². The highest BCUT2D eigenvalue weighted by Gasteiger charge is 2.43. The molecule has 0 radical (unpaired) electrons. The smallest absolute Gasteiger partial charge is 0.132 e. The molecule has 3 N–H and O–H groups in total. The number of nitrogens with two attached hydrogens (primary N) is 1. The third-order valence-corrected chi connectivity index (χ3v) is 5.20. The summed E-state index contributed by atoms with van der Waals surface area (Å²) in [5, 5.41) is 3.27. The maximum Gasteiger partial charge on any atom is 0.132 e. The first-order valence-electron chi connectivity index (χ1n) is 6.59. The van der Waals surface area contributed by atoms with Crippen molar-refractivity contribution < 1.29 is 4.74 Å². The molecule has 0 amide bonds. The molecule has 0 unspecified atom stereocenters. The Kier molecular flexibility index (Phi) is 2.97. The topological polar surface area (TPSA) is 47.3 Å². The van der Waals surface area contributed by atoms with Gasteiger partial charge in [0.05, 0.1) is 11.2 Å². The largest absolute Gasteiger partial charge is 0.457 e. The molecule has 0 saturated heterocycles. The zero-order valence-corrected chi connectivity index (χ0v) is 14.7. The van der Waals surface area contributed by atoms with Crippen molar-refractivity contribution >= 4 is 38.5 Å². The van der Waals surface area contributed by atoms with Crippen LogP contribution < -0.4 is 15.8 Å². The van der Waals surface area contributed by atoms with Crippen molar-refractivity contribution in [2.75, 3.05) is 6.54 Å². The fourth-order valence-corrected chi connectivity index (χ4v) is 3.95. The lowest BCUT2D eigenvalue weighted by molar-refractivity contribution is 0.424. The standard InChI is InChI=1S/C16H12BrIN2O/c17-9-1-3-13-11(5-9)16(7-15(19)20-8-16)12-6-10(18)2-4-14(12)21-13/h1-7,20H,8,19H2/t16-/m1/s1. The van der Waals surface area contributed by atoms with Crippen LogP contribution in [0.1, 0.15) is 11.1 Å². The normalized spacial score (nSPS) is 22.1. The zero-order chi connectivity index (χ0) is 14.6. The van der Waals surface area contributed by atoms with Gasteiger partial charge in [-0.25, -0.2) is 0 Å². The van der Waals surface area contributed by atoms with Gasteiger partial charge in [-0.15, -0.1) is 0 Å². The zero-order valence-electron chi connectivity index (χ0n) is 11.0. The Labute approximate surface area is 144 Å². The molecule has 4 rings (SSSR count). The van der Waals surface area contributed by atoms with Crippen LogP contribution in [0.15, 0.2) is 52.8 Å². The molecule has 0 fully saturated rings. The maximum absolute atomic E-state index is 6.09. The molecule has 1 spiro atoms. The van der Waals surface area contributed by atoms with Crippen LogP contribution in [0.2, 0.25) is 0 Å². The van der Waals surface area contributed by atoms with Gasteiger partial charge in [-0.05, 0) is 65.1 Å². The molecule has 2 heterocycles. The van der Waals surface area contributed by atoms with Gasteiger partial charge in [0.2, 0.25) is 0 Å². The van der Waals surface area contributed by atoms with Gasteiger partial charge in [0, 0.05) is 25.7 Å². The second-order valence-corrected chi connectivity index (χ2v) is 7.47. The summed E-state index contributed by atoms with van der Waals surface area (Å²) in [5.74, 6) is 2.50. The second-order valence-electron chi connectivity index (χ2n) is 5.31. The first-order chi connectivity index (χ1) is 10.1. The molecule has 5 heteroatoms. The van der Waals surface area contributed by atoms with Crippen molar-refractivity contribution in [2.24, 2.45) is 5.73 Å². The minimum absolute atomic E-state index is 0.266. The molecule has 1 atom stereocenters. The van der Waals surface area contributed by atoms with E-state index in [0.29, 0.717) is 5.82 Å². The average Bonchev–Trinajstić information content (AvgIpc) is 2.84. The number of hydrogen-bond acceptors (Lipinski definition) is 3. The summed E-state index contributed by atoms with van der Waals surface area (Å²) < 4.78 is 8.31. The lowest BCUT2D eigenvalue weighted by Crippen LogP contribution is -2.34. The number of ether oxygens (including phenoxy) is 1. The van der Waals surface area contributed by atoms with Crippen LogP contribution in [0.5, 0.6) is 11.5 Å². The van der Waals surface area contributed by atoms with Crippen molar-refractivity contribution in [3.63, 3.8) is 0 Å². The maximum atomic E-state index is 6.09. The van der Waals surface area contributed by atoms with E-state index in [4.69, 9.17) is 10.5 Å². The van der Waals surface area contributed by atoms with E-state index in [1.807, 2.05) is 18.2 Å². The molecular formula is C16H12BrIN2O. The van der Waals surface area contributed by atoms with E-state index in [1.165, 1.54) is 3.57 Å². The van der Waals surface area contributed by atoms with E-state index >= 15 is 0 Å². The Morgan fingerprint density at radius 3 is 2.57 bits per heavy atom. The van der Waals surface area contributed by atoms with Crippen LogP contribution in [-0.4, -0.2) is 6.54 Å². The highest BCUT2D eigenvalue weighted by Crippen LogP contribution is 2.51. The Balaban J connectivity index is 2.05. The monoisotopic (exact) mass is 454 g/mol. The average molecular weight is 455 g/mol. The minimum Gasteiger partial charge on any atom is -0.457 e. The fraction of sp³-hybridized carbons (Fsp3) is 0.125. The Bertz CT molecular complexity index is 736. The van der Waals surface area contributed by atoms with Crippen LogP contribution >= 0.6 is 38.5 Å². The molecule has 2 aliphatic rings. The molecule has 0 aromatic heterocycles. The van der Waals surface area contributed by atoms with Crippen molar-refractivity contribution in [2.45, 2.75) is 5.41 Å². The number of hydrogen-bond donors (Lipinski definition) is 2. The van der Waals surface area contributed by atoms with Crippen molar-refractivity contribution in [1.82, 2.24) is 5.32 Å². The summed E-state index contributed by atoms with van der Waals surface area (Å²) in [6.45, 7) is 0.749.